The number of rotatable bonds is 3. The highest BCUT2D eigenvalue weighted by molar-refractivity contribution is 6.19. The molecule has 23 heavy (non-hydrogen) atoms. The lowest BCUT2D eigenvalue weighted by Crippen LogP contribution is -2.60. The lowest BCUT2D eigenvalue weighted by atomic mass is 10.0. The van der Waals surface area contributed by atoms with Gasteiger partial charge in [0, 0.05) is 18.4 Å². The zero-order valence-corrected chi connectivity index (χ0v) is 12.9. The van der Waals surface area contributed by atoms with Crippen molar-refractivity contribution >= 4 is 23.3 Å². The van der Waals surface area contributed by atoms with Crippen LogP contribution in [0, 0.1) is 0 Å². The van der Waals surface area contributed by atoms with Gasteiger partial charge in [0.25, 0.3) is 17.4 Å². The molecular weight excluding hydrogens is 294 g/mol. The molecule has 1 aromatic carbocycles. The number of pyridine rings is 1. The van der Waals surface area contributed by atoms with Crippen molar-refractivity contribution in [1.29, 1.82) is 0 Å². The van der Waals surface area contributed by atoms with Crippen molar-refractivity contribution in [3.05, 3.63) is 48.7 Å². The molecule has 3 rings (SSSR count). The van der Waals surface area contributed by atoms with E-state index in [0.717, 1.165) is 0 Å². The van der Waals surface area contributed by atoms with E-state index in [9.17, 15) is 9.59 Å². The van der Waals surface area contributed by atoms with Gasteiger partial charge in [-0.1, -0.05) is 18.2 Å². The zero-order chi connectivity index (χ0) is 16.4. The van der Waals surface area contributed by atoms with Gasteiger partial charge in [0.05, 0.1) is 0 Å². The zero-order valence-electron chi connectivity index (χ0n) is 12.9. The second-order valence-electron chi connectivity index (χ2n) is 5.33. The Balaban J connectivity index is 1.95. The maximum absolute atomic E-state index is 12.8. The first-order valence-electron chi connectivity index (χ1n) is 7.38. The van der Waals surface area contributed by atoms with E-state index >= 15 is 0 Å². The molecule has 2 heterocycles. The predicted octanol–water partition coefficient (Wildman–Crippen LogP) is 2.22. The number of likely N-dealkylation sites (N-methyl/N-ethyl adjacent to an activating group) is 1. The molecule has 118 valence electrons. The molecule has 0 radical (unpaired) electrons. The molecule has 2 amide bonds. The summed E-state index contributed by atoms with van der Waals surface area (Å²) in [5.41, 5.74) is -1.03. The fourth-order valence-electron chi connectivity index (χ4n) is 2.49. The van der Waals surface area contributed by atoms with Crippen LogP contribution in [0.1, 0.15) is 13.8 Å². The second kappa shape index (κ2) is 5.72. The number of ether oxygens (including phenoxy) is 1. The number of hydrogen-bond donors (Lipinski definition) is 1. The summed E-state index contributed by atoms with van der Waals surface area (Å²) in [4.78, 5) is 31.1. The van der Waals surface area contributed by atoms with Gasteiger partial charge >= 0.3 is 0 Å². The Morgan fingerprint density at radius 1 is 1.26 bits per heavy atom. The van der Waals surface area contributed by atoms with Crippen LogP contribution in [-0.4, -0.2) is 28.9 Å². The molecule has 0 fully saturated rings. The van der Waals surface area contributed by atoms with Crippen molar-refractivity contribution in [2.75, 3.05) is 16.8 Å². The van der Waals surface area contributed by atoms with Crippen molar-refractivity contribution in [2.24, 2.45) is 0 Å². The van der Waals surface area contributed by atoms with Gasteiger partial charge < -0.3 is 10.1 Å². The number of anilines is 2. The monoisotopic (exact) mass is 311 g/mol. The molecule has 0 spiro atoms. The molecule has 1 atom stereocenters. The van der Waals surface area contributed by atoms with Gasteiger partial charge in [-0.05, 0) is 38.1 Å². The summed E-state index contributed by atoms with van der Waals surface area (Å²) < 4.78 is 5.73. The number of fused-ring (bicyclic) bond motifs is 1. The molecule has 2 aromatic rings. The first-order chi connectivity index (χ1) is 11.1. The van der Waals surface area contributed by atoms with Gasteiger partial charge in [0.15, 0.2) is 11.6 Å². The first-order valence-corrected chi connectivity index (χ1v) is 7.38. The highest BCUT2D eigenvalue weighted by Crippen LogP contribution is 2.36. The number of amides is 2. The van der Waals surface area contributed by atoms with Crippen LogP contribution in [0.4, 0.5) is 11.5 Å². The van der Waals surface area contributed by atoms with Crippen LogP contribution >= 0.6 is 0 Å². The molecule has 1 N–H and O–H groups in total. The molecular formula is C17H17N3O3. The number of carbonyl (C=O) groups is 2. The van der Waals surface area contributed by atoms with E-state index in [0.29, 0.717) is 23.8 Å². The standard InChI is InChI=1S/C17H17N3O3/c1-3-20-14-13(10-7-11-18-14)23-17(2,16(20)22)15(21)19-12-8-5-4-6-9-12/h4-11H,3H2,1-2H3,(H,19,21)/t17-/m0/s1. The highest BCUT2D eigenvalue weighted by atomic mass is 16.5. The summed E-state index contributed by atoms with van der Waals surface area (Å²) >= 11 is 0. The Kier molecular flexibility index (Phi) is 3.73. The normalized spacial score (nSPS) is 19.7. The second-order valence-corrected chi connectivity index (χ2v) is 5.33. The number of benzene rings is 1. The van der Waals surface area contributed by atoms with E-state index in [1.165, 1.54) is 11.8 Å². The van der Waals surface area contributed by atoms with Crippen LogP contribution in [0.25, 0.3) is 0 Å². The van der Waals surface area contributed by atoms with E-state index < -0.39 is 17.4 Å². The smallest absolute Gasteiger partial charge is 0.282 e. The summed E-state index contributed by atoms with van der Waals surface area (Å²) in [5.74, 6) is -0.0917. The third kappa shape index (κ3) is 2.52. The lowest BCUT2D eigenvalue weighted by molar-refractivity contribution is -0.145. The Morgan fingerprint density at radius 2 is 2.00 bits per heavy atom. The molecule has 6 nitrogen and oxygen atoms in total. The maximum Gasteiger partial charge on any atom is 0.282 e. The number of para-hydroxylation sites is 1. The number of aromatic nitrogens is 1. The minimum Gasteiger partial charge on any atom is -0.464 e. The topological polar surface area (TPSA) is 71.5 Å². The van der Waals surface area contributed by atoms with Crippen LogP contribution in [0.2, 0.25) is 0 Å². The lowest BCUT2D eigenvalue weighted by Gasteiger charge is -2.38. The van der Waals surface area contributed by atoms with E-state index in [4.69, 9.17) is 4.74 Å². The summed E-state index contributed by atoms with van der Waals surface area (Å²) in [7, 11) is 0. The Morgan fingerprint density at radius 3 is 2.70 bits per heavy atom. The average molecular weight is 311 g/mol. The molecule has 1 aliphatic rings. The van der Waals surface area contributed by atoms with Crippen LogP contribution in [0.5, 0.6) is 5.75 Å². The molecule has 1 aromatic heterocycles. The summed E-state index contributed by atoms with van der Waals surface area (Å²) in [6, 6.07) is 12.4. The van der Waals surface area contributed by atoms with Gasteiger partial charge in [-0.3, -0.25) is 14.5 Å². The molecule has 0 saturated carbocycles. The van der Waals surface area contributed by atoms with Gasteiger partial charge in [-0.15, -0.1) is 0 Å². The van der Waals surface area contributed by atoms with E-state index in [-0.39, 0.29) is 0 Å². The molecule has 6 heteroatoms. The van der Waals surface area contributed by atoms with Crippen LogP contribution in [0.3, 0.4) is 0 Å². The Hall–Kier alpha value is -2.89. The van der Waals surface area contributed by atoms with Crippen LogP contribution in [0.15, 0.2) is 48.7 Å². The van der Waals surface area contributed by atoms with Crippen molar-refractivity contribution in [2.45, 2.75) is 19.4 Å². The van der Waals surface area contributed by atoms with Crippen molar-refractivity contribution in [3.8, 4) is 5.75 Å². The molecule has 0 saturated heterocycles. The minimum absolute atomic E-state index is 0.403. The van der Waals surface area contributed by atoms with Crippen molar-refractivity contribution in [3.63, 3.8) is 0 Å². The largest absolute Gasteiger partial charge is 0.464 e. The van der Waals surface area contributed by atoms with E-state index in [1.54, 1.807) is 42.6 Å². The highest BCUT2D eigenvalue weighted by Gasteiger charge is 2.50. The third-order valence-corrected chi connectivity index (χ3v) is 3.76. The maximum atomic E-state index is 12.8. The van der Waals surface area contributed by atoms with E-state index in [1.807, 2.05) is 13.0 Å². The molecule has 0 aliphatic carbocycles. The van der Waals surface area contributed by atoms with Crippen molar-refractivity contribution < 1.29 is 14.3 Å². The predicted molar refractivity (Wildman–Crippen MR) is 86.4 cm³/mol. The van der Waals surface area contributed by atoms with Gasteiger partial charge in [-0.2, -0.15) is 0 Å². The number of hydrogen-bond acceptors (Lipinski definition) is 4. The fraction of sp³-hybridized carbons (Fsp3) is 0.235. The van der Waals surface area contributed by atoms with E-state index in [2.05, 4.69) is 10.3 Å². The molecule has 0 unspecified atom stereocenters. The Bertz CT molecular complexity index is 748. The Labute approximate surface area is 134 Å². The molecule has 0 bridgehead atoms. The summed E-state index contributed by atoms with van der Waals surface area (Å²) in [6.45, 7) is 3.71. The number of carbonyl (C=O) groups excluding carboxylic acids is 2. The minimum atomic E-state index is -1.64. The SMILES string of the molecule is CCN1C(=O)[C@](C)(C(=O)Nc2ccccc2)Oc2cccnc21. The number of nitrogens with one attached hydrogen (secondary N) is 1. The first kappa shape index (κ1) is 15.0. The quantitative estimate of drug-likeness (QED) is 0.882. The number of nitrogens with zero attached hydrogens (tertiary/aromatic N) is 2. The summed E-state index contributed by atoms with van der Waals surface area (Å²) in [5, 5.41) is 2.73. The third-order valence-electron chi connectivity index (χ3n) is 3.76. The van der Waals surface area contributed by atoms with Gasteiger partial charge in [0.1, 0.15) is 0 Å². The fourth-order valence-corrected chi connectivity index (χ4v) is 2.49. The van der Waals surface area contributed by atoms with Crippen molar-refractivity contribution in [1.82, 2.24) is 4.98 Å². The average Bonchev–Trinajstić information content (AvgIpc) is 2.57. The summed E-state index contributed by atoms with van der Waals surface area (Å²) in [6.07, 6.45) is 1.59. The van der Waals surface area contributed by atoms with Gasteiger partial charge in [0.2, 0.25) is 0 Å². The van der Waals surface area contributed by atoms with Crippen LogP contribution in [-0.2, 0) is 9.59 Å². The van der Waals surface area contributed by atoms with Crippen LogP contribution < -0.4 is 15.0 Å². The van der Waals surface area contributed by atoms with Gasteiger partial charge in [-0.25, -0.2) is 4.98 Å². The molecule has 1 aliphatic heterocycles.